The number of fused-ring (bicyclic) bond motifs is 8. The van der Waals surface area contributed by atoms with Crippen LogP contribution >= 0.6 is 0 Å². The van der Waals surface area contributed by atoms with Crippen molar-refractivity contribution in [1.82, 2.24) is 19.1 Å². The van der Waals surface area contributed by atoms with Crippen molar-refractivity contribution < 1.29 is 0 Å². The first kappa shape index (κ1) is 57.8. The number of pyridine rings is 2. The van der Waals surface area contributed by atoms with Crippen molar-refractivity contribution in [2.24, 2.45) is 14.1 Å². The van der Waals surface area contributed by atoms with Crippen molar-refractivity contribution in [3.63, 3.8) is 0 Å². The van der Waals surface area contributed by atoms with Crippen molar-refractivity contribution in [3.05, 3.63) is 179 Å². The average molecular weight is 885 g/mol. The second kappa shape index (κ2) is 30.8. The highest BCUT2D eigenvalue weighted by molar-refractivity contribution is 6.09. The molecule has 10 aromatic rings. The molecule has 0 atom stereocenters. The molecule has 0 aliphatic rings. The van der Waals surface area contributed by atoms with E-state index in [0.717, 1.165) is 22.6 Å². The minimum atomic E-state index is 1.09. The number of hydrogen-bond acceptors (Lipinski definition) is 2. The molecular formula is C62H84N4. The fourth-order valence-electron chi connectivity index (χ4n) is 7.60. The maximum absolute atomic E-state index is 4.44. The number of benzene rings is 6. The molecule has 0 radical (unpaired) electrons. The number of para-hydroxylation sites is 3. The van der Waals surface area contributed by atoms with E-state index in [-0.39, 0.29) is 0 Å². The molecule has 0 unspecified atom stereocenters. The highest BCUT2D eigenvalue weighted by atomic mass is 14.9. The third-order valence-electron chi connectivity index (χ3n) is 10.2. The molecule has 4 heteroatoms. The number of hydrogen-bond donors (Lipinski definition) is 0. The largest absolute Gasteiger partial charge is 0.344 e. The van der Waals surface area contributed by atoms with Gasteiger partial charge in [0.2, 0.25) is 0 Å². The summed E-state index contributed by atoms with van der Waals surface area (Å²) in [6, 6.07) is 51.2. The first-order valence-corrected chi connectivity index (χ1v) is 24.6. The summed E-state index contributed by atoms with van der Waals surface area (Å²) < 4.78 is 4.52. The molecule has 66 heavy (non-hydrogen) atoms. The lowest BCUT2D eigenvalue weighted by atomic mass is 10.1. The maximum Gasteiger partial charge on any atom is 0.0707 e. The standard InChI is InChI=1S/2C14H13N.2C11H11N.6C2H6/c1-10-7-8-14-12(9-10)11-5-3-4-6-13(11)15(14)2;1-10-7-8-12-11-5-3-4-6-13(11)15(2)14(12)9-10;1-8-7-10-5-3-4-6-11(10)9(2)12-8;1-8-7-9(2)12-11-6-4-3-5-10(8)11;6*1-2/h2*3-9H,1-2H3;2*3-7H,1-2H3;6*1-2H3. The Morgan fingerprint density at radius 2 is 0.727 bits per heavy atom. The predicted molar refractivity (Wildman–Crippen MR) is 301 cm³/mol. The van der Waals surface area contributed by atoms with Gasteiger partial charge in [0.05, 0.1) is 5.52 Å². The summed E-state index contributed by atoms with van der Waals surface area (Å²) in [5.74, 6) is 0. The molecule has 0 bridgehead atoms. The Hall–Kier alpha value is -6.26. The first-order chi connectivity index (χ1) is 32.1. The molecular weight excluding hydrogens is 801 g/mol. The van der Waals surface area contributed by atoms with E-state index < -0.39 is 0 Å². The van der Waals surface area contributed by atoms with Gasteiger partial charge >= 0.3 is 0 Å². The molecule has 0 aliphatic carbocycles. The summed E-state index contributed by atoms with van der Waals surface area (Å²) in [5.41, 5.74) is 13.6. The molecule has 6 aromatic carbocycles. The van der Waals surface area contributed by atoms with Gasteiger partial charge in [0.25, 0.3) is 0 Å². The van der Waals surface area contributed by atoms with Crippen molar-refractivity contribution >= 4 is 65.3 Å². The molecule has 4 heterocycles. The SMILES string of the molecule is CC.CC.CC.CC.CC.CC.Cc1cc(C)c2ccccc2n1.Cc1cc2ccccc2c(C)n1.Cc1ccc2c(c1)c1ccccc1n2C.Cc1ccc2c3ccccc3n(C)c2c1. The fraction of sp³-hybridized carbons (Fsp3) is 0.323. The van der Waals surface area contributed by atoms with Gasteiger partial charge in [-0.15, -0.1) is 0 Å². The molecule has 0 aliphatic heterocycles. The minimum Gasteiger partial charge on any atom is -0.344 e. The summed E-state index contributed by atoms with van der Waals surface area (Å²) in [7, 11) is 4.25. The van der Waals surface area contributed by atoms with Gasteiger partial charge in [-0.05, 0) is 107 Å². The Labute approximate surface area is 400 Å². The number of aromatic nitrogens is 4. The average Bonchev–Trinajstić information content (AvgIpc) is 3.81. The Morgan fingerprint density at radius 1 is 0.318 bits per heavy atom. The monoisotopic (exact) mass is 885 g/mol. The van der Waals surface area contributed by atoms with Gasteiger partial charge in [-0.25, -0.2) is 0 Å². The van der Waals surface area contributed by atoms with Crippen LogP contribution in [0.5, 0.6) is 0 Å². The highest BCUT2D eigenvalue weighted by Crippen LogP contribution is 2.29. The van der Waals surface area contributed by atoms with Crippen LogP contribution in [0, 0.1) is 41.5 Å². The highest BCUT2D eigenvalue weighted by Gasteiger charge is 2.08. The third-order valence-corrected chi connectivity index (χ3v) is 10.2. The van der Waals surface area contributed by atoms with E-state index in [1.807, 2.05) is 115 Å². The van der Waals surface area contributed by atoms with Gasteiger partial charge in [0.1, 0.15) is 0 Å². The zero-order chi connectivity index (χ0) is 49.9. The zero-order valence-corrected chi connectivity index (χ0v) is 44.6. The smallest absolute Gasteiger partial charge is 0.0707 e. The third kappa shape index (κ3) is 14.9. The van der Waals surface area contributed by atoms with Crippen molar-refractivity contribution in [2.45, 2.75) is 125 Å². The Bertz CT molecular complexity index is 2840. The molecule has 0 amide bonds. The van der Waals surface area contributed by atoms with Gasteiger partial charge in [0, 0.05) is 85.6 Å². The van der Waals surface area contributed by atoms with E-state index in [4.69, 9.17) is 0 Å². The summed E-state index contributed by atoms with van der Waals surface area (Å²) in [4.78, 5) is 8.84. The topological polar surface area (TPSA) is 35.6 Å². The molecule has 4 nitrogen and oxygen atoms in total. The van der Waals surface area contributed by atoms with Crippen LogP contribution in [0.2, 0.25) is 0 Å². The normalized spacial score (nSPS) is 9.52. The first-order valence-electron chi connectivity index (χ1n) is 24.6. The number of aryl methyl sites for hydroxylation is 8. The fourth-order valence-corrected chi connectivity index (χ4v) is 7.60. The predicted octanol–water partition coefficient (Wildman–Crippen LogP) is 19.1. The van der Waals surface area contributed by atoms with Crippen LogP contribution in [0.3, 0.4) is 0 Å². The Kier molecular flexibility index (Phi) is 27.0. The number of nitrogens with zero attached hydrogens (tertiary/aromatic N) is 4. The minimum absolute atomic E-state index is 1.09. The summed E-state index contributed by atoms with van der Waals surface area (Å²) in [6.45, 7) is 36.5. The van der Waals surface area contributed by atoms with Crippen molar-refractivity contribution in [2.75, 3.05) is 0 Å². The molecule has 0 fully saturated rings. The quantitative estimate of drug-likeness (QED) is 0.152. The van der Waals surface area contributed by atoms with Crippen molar-refractivity contribution in [1.29, 1.82) is 0 Å². The van der Waals surface area contributed by atoms with Gasteiger partial charge in [-0.3, -0.25) is 9.97 Å². The van der Waals surface area contributed by atoms with E-state index >= 15 is 0 Å². The number of rotatable bonds is 0. The van der Waals surface area contributed by atoms with Crippen LogP contribution in [-0.2, 0) is 14.1 Å². The van der Waals surface area contributed by atoms with Crippen LogP contribution < -0.4 is 0 Å². The molecule has 352 valence electrons. The van der Waals surface area contributed by atoms with Gasteiger partial charge in [-0.2, -0.15) is 0 Å². The lowest BCUT2D eigenvalue weighted by molar-refractivity contribution is 1.01. The van der Waals surface area contributed by atoms with E-state index in [1.54, 1.807) is 0 Å². The Morgan fingerprint density at radius 3 is 1.32 bits per heavy atom. The van der Waals surface area contributed by atoms with Crippen LogP contribution in [-0.4, -0.2) is 19.1 Å². The van der Waals surface area contributed by atoms with E-state index in [1.165, 1.54) is 76.5 Å². The van der Waals surface area contributed by atoms with Crippen LogP contribution in [0.25, 0.3) is 65.3 Å². The second-order valence-corrected chi connectivity index (χ2v) is 14.4. The van der Waals surface area contributed by atoms with E-state index in [2.05, 4.69) is 188 Å². The van der Waals surface area contributed by atoms with Crippen molar-refractivity contribution in [3.8, 4) is 0 Å². The summed E-state index contributed by atoms with van der Waals surface area (Å²) >= 11 is 0. The van der Waals surface area contributed by atoms with E-state index in [0.29, 0.717) is 0 Å². The van der Waals surface area contributed by atoms with Gasteiger partial charge < -0.3 is 9.13 Å². The van der Waals surface area contributed by atoms with Crippen LogP contribution in [0.1, 0.15) is 117 Å². The molecule has 0 spiro atoms. The summed E-state index contributed by atoms with van der Waals surface area (Å²) in [6.07, 6.45) is 0. The maximum atomic E-state index is 4.44. The Balaban J connectivity index is 0.000000410. The van der Waals surface area contributed by atoms with Gasteiger partial charge in [-0.1, -0.05) is 186 Å². The lowest BCUT2D eigenvalue weighted by Crippen LogP contribution is -1.86. The van der Waals surface area contributed by atoms with E-state index in [9.17, 15) is 0 Å². The molecule has 0 saturated carbocycles. The summed E-state index contributed by atoms with van der Waals surface area (Å²) in [5, 5.41) is 9.18. The van der Waals surface area contributed by atoms with Crippen LogP contribution in [0.4, 0.5) is 0 Å². The molecule has 0 saturated heterocycles. The molecule has 4 aromatic heterocycles. The lowest BCUT2D eigenvalue weighted by Gasteiger charge is -2.01. The molecule has 10 rings (SSSR count). The molecule has 0 N–H and O–H groups in total. The zero-order valence-electron chi connectivity index (χ0n) is 44.6. The second-order valence-electron chi connectivity index (χ2n) is 14.4. The van der Waals surface area contributed by atoms with Gasteiger partial charge in [0.15, 0.2) is 0 Å². The van der Waals surface area contributed by atoms with Crippen LogP contribution in [0.15, 0.2) is 146 Å².